The molecule has 0 spiro atoms. The summed E-state index contributed by atoms with van der Waals surface area (Å²) in [7, 11) is 0. The highest BCUT2D eigenvalue weighted by molar-refractivity contribution is 5.30. The number of aromatic nitrogens is 1. The van der Waals surface area contributed by atoms with Crippen LogP contribution in [0.3, 0.4) is 0 Å². The Kier molecular flexibility index (Phi) is 2.28. The Balaban J connectivity index is 1.91. The molecule has 0 radical (unpaired) electrons. The summed E-state index contributed by atoms with van der Waals surface area (Å²) in [6.45, 7) is 0. The van der Waals surface area contributed by atoms with Gasteiger partial charge in [-0.25, -0.2) is 0 Å². The third kappa shape index (κ3) is 1.49. The lowest BCUT2D eigenvalue weighted by atomic mass is 9.82. The second-order valence-electron chi connectivity index (χ2n) is 4.88. The van der Waals surface area contributed by atoms with E-state index in [-0.39, 0.29) is 6.04 Å². The molecule has 1 heterocycles. The van der Waals surface area contributed by atoms with E-state index in [1.165, 1.54) is 36.9 Å². The largest absolute Gasteiger partial charge is 0.360 e. The molecule has 0 saturated heterocycles. The van der Waals surface area contributed by atoms with Crippen molar-refractivity contribution < 1.29 is 4.52 Å². The Bertz CT molecular complexity index is 359. The molecule has 1 saturated carbocycles. The fraction of sp³-hybridized carbons (Fsp3) is 0.750. The van der Waals surface area contributed by atoms with E-state index >= 15 is 0 Å². The molecule has 2 atom stereocenters. The van der Waals surface area contributed by atoms with E-state index in [4.69, 9.17) is 10.3 Å². The van der Waals surface area contributed by atoms with Crippen LogP contribution in [0.5, 0.6) is 0 Å². The van der Waals surface area contributed by atoms with Crippen LogP contribution in [-0.2, 0) is 12.8 Å². The SMILES string of the molecule is NC1CCCCC1c1onc2c1CCC2. The first-order chi connectivity index (χ1) is 7.36. The monoisotopic (exact) mass is 206 g/mol. The van der Waals surface area contributed by atoms with Crippen LogP contribution in [0, 0.1) is 0 Å². The zero-order valence-electron chi connectivity index (χ0n) is 9.04. The van der Waals surface area contributed by atoms with Crippen LogP contribution in [0.1, 0.15) is 55.0 Å². The van der Waals surface area contributed by atoms with Crippen molar-refractivity contribution in [3.05, 3.63) is 17.0 Å². The minimum Gasteiger partial charge on any atom is -0.360 e. The highest BCUT2D eigenvalue weighted by Gasteiger charge is 2.31. The highest BCUT2D eigenvalue weighted by Crippen LogP contribution is 2.37. The molecular formula is C12H18N2O. The summed E-state index contributed by atoms with van der Waals surface area (Å²) in [6.07, 6.45) is 8.37. The third-order valence-corrected chi connectivity index (χ3v) is 3.90. The molecule has 2 unspecified atom stereocenters. The summed E-state index contributed by atoms with van der Waals surface area (Å²) in [6, 6.07) is 0.288. The Morgan fingerprint density at radius 2 is 2.00 bits per heavy atom. The van der Waals surface area contributed by atoms with Gasteiger partial charge in [0.2, 0.25) is 0 Å². The quantitative estimate of drug-likeness (QED) is 0.766. The molecule has 1 fully saturated rings. The summed E-state index contributed by atoms with van der Waals surface area (Å²) in [4.78, 5) is 0. The summed E-state index contributed by atoms with van der Waals surface area (Å²) in [5.74, 6) is 1.56. The molecule has 0 bridgehead atoms. The molecule has 3 rings (SSSR count). The number of hydrogen-bond acceptors (Lipinski definition) is 3. The van der Waals surface area contributed by atoms with Gasteiger partial charge in [0.15, 0.2) is 0 Å². The van der Waals surface area contributed by atoms with E-state index in [0.717, 1.165) is 25.0 Å². The number of aryl methyl sites for hydroxylation is 1. The van der Waals surface area contributed by atoms with Gasteiger partial charge in [-0.3, -0.25) is 0 Å². The van der Waals surface area contributed by atoms with Gasteiger partial charge in [0.05, 0.1) is 5.69 Å². The maximum atomic E-state index is 6.18. The van der Waals surface area contributed by atoms with Crippen molar-refractivity contribution in [2.45, 2.75) is 56.9 Å². The highest BCUT2D eigenvalue weighted by atomic mass is 16.5. The van der Waals surface area contributed by atoms with Crippen LogP contribution in [-0.4, -0.2) is 11.2 Å². The summed E-state index contributed by atoms with van der Waals surface area (Å²) >= 11 is 0. The van der Waals surface area contributed by atoms with Gasteiger partial charge in [-0.15, -0.1) is 0 Å². The molecule has 2 aliphatic rings. The van der Waals surface area contributed by atoms with Crippen molar-refractivity contribution in [1.29, 1.82) is 0 Å². The summed E-state index contributed by atoms with van der Waals surface area (Å²) < 4.78 is 5.52. The molecule has 2 aliphatic carbocycles. The Morgan fingerprint density at radius 1 is 1.13 bits per heavy atom. The Labute approximate surface area is 90.0 Å². The van der Waals surface area contributed by atoms with Crippen molar-refractivity contribution in [3.8, 4) is 0 Å². The number of rotatable bonds is 1. The molecule has 1 aromatic rings. The topological polar surface area (TPSA) is 52.0 Å². The molecular weight excluding hydrogens is 188 g/mol. The van der Waals surface area contributed by atoms with Gasteiger partial charge < -0.3 is 10.3 Å². The third-order valence-electron chi connectivity index (χ3n) is 3.90. The fourth-order valence-corrected chi connectivity index (χ4v) is 3.03. The molecule has 0 aliphatic heterocycles. The van der Waals surface area contributed by atoms with E-state index in [2.05, 4.69) is 5.16 Å². The van der Waals surface area contributed by atoms with Gasteiger partial charge in [0.1, 0.15) is 5.76 Å². The lowest BCUT2D eigenvalue weighted by Gasteiger charge is -2.26. The van der Waals surface area contributed by atoms with Gasteiger partial charge in [0, 0.05) is 17.5 Å². The van der Waals surface area contributed by atoms with E-state index < -0.39 is 0 Å². The van der Waals surface area contributed by atoms with Crippen molar-refractivity contribution in [3.63, 3.8) is 0 Å². The molecule has 3 nitrogen and oxygen atoms in total. The van der Waals surface area contributed by atoms with Crippen LogP contribution in [0.4, 0.5) is 0 Å². The minimum atomic E-state index is 0.288. The van der Waals surface area contributed by atoms with Gasteiger partial charge >= 0.3 is 0 Å². The van der Waals surface area contributed by atoms with Gasteiger partial charge in [-0.1, -0.05) is 18.0 Å². The predicted molar refractivity (Wildman–Crippen MR) is 57.7 cm³/mol. The Hall–Kier alpha value is -0.830. The van der Waals surface area contributed by atoms with Crippen molar-refractivity contribution in [2.75, 3.05) is 0 Å². The normalized spacial score (nSPS) is 30.5. The van der Waals surface area contributed by atoms with E-state index in [0.29, 0.717) is 5.92 Å². The smallest absolute Gasteiger partial charge is 0.144 e. The number of nitrogens with zero attached hydrogens (tertiary/aromatic N) is 1. The Morgan fingerprint density at radius 3 is 2.87 bits per heavy atom. The van der Waals surface area contributed by atoms with Crippen LogP contribution in [0.2, 0.25) is 0 Å². The maximum absolute atomic E-state index is 6.18. The number of nitrogens with two attached hydrogens (primary N) is 1. The molecule has 82 valence electrons. The molecule has 3 heteroatoms. The van der Waals surface area contributed by atoms with Gasteiger partial charge in [-0.05, 0) is 32.1 Å². The molecule has 2 N–H and O–H groups in total. The van der Waals surface area contributed by atoms with Crippen LogP contribution in [0.25, 0.3) is 0 Å². The van der Waals surface area contributed by atoms with E-state index in [1.54, 1.807) is 0 Å². The molecule has 0 aromatic carbocycles. The lowest BCUT2D eigenvalue weighted by Crippen LogP contribution is -2.31. The molecule has 0 amide bonds. The second-order valence-corrected chi connectivity index (χ2v) is 4.88. The van der Waals surface area contributed by atoms with Gasteiger partial charge in [0.25, 0.3) is 0 Å². The summed E-state index contributed by atoms with van der Waals surface area (Å²) in [5.41, 5.74) is 8.76. The number of fused-ring (bicyclic) bond motifs is 1. The predicted octanol–water partition coefficient (Wildman–Crippen LogP) is 2.15. The van der Waals surface area contributed by atoms with Crippen LogP contribution < -0.4 is 5.73 Å². The first-order valence-corrected chi connectivity index (χ1v) is 6.09. The second kappa shape index (κ2) is 3.63. The maximum Gasteiger partial charge on any atom is 0.144 e. The first-order valence-electron chi connectivity index (χ1n) is 6.09. The van der Waals surface area contributed by atoms with Crippen molar-refractivity contribution in [1.82, 2.24) is 5.16 Å². The average molecular weight is 206 g/mol. The van der Waals surface area contributed by atoms with Crippen LogP contribution >= 0.6 is 0 Å². The number of hydrogen-bond donors (Lipinski definition) is 1. The summed E-state index contributed by atoms with van der Waals surface area (Å²) in [5, 5.41) is 4.18. The van der Waals surface area contributed by atoms with E-state index in [1.807, 2.05) is 0 Å². The molecule has 1 aromatic heterocycles. The first kappa shape index (κ1) is 9.40. The minimum absolute atomic E-state index is 0.288. The zero-order valence-corrected chi connectivity index (χ0v) is 9.04. The van der Waals surface area contributed by atoms with Crippen molar-refractivity contribution in [2.24, 2.45) is 5.73 Å². The van der Waals surface area contributed by atoms with Crippen molar-refractivity contribution >= 4 is 0 Å². The van der Waals surface area contributed by atoms with E-state index in [9.17, 15) is 0 Å². The molecule has 15 heavy (non-hydrogen) atoms. The average Bonchev–Trinajstić information content (AvgIpc) is 2.80. The fourth-order valence-electron chi connectivity index (χ4n) is 3.03. The lowest BCUT2D eigenvalue weighted by molar-refractivity contribution is 0.292. The standard InChI is InChI=1S/C12H18N2O/c13-10-6-2-1-4-8(10)12-9-5-3-7-11(9)14-15-12/h8,10H,1-7,13H2. The van der Waals surface area contributed by atoms with Crippen LogP contribution in [0.15, 0.2) is 4.52 Å². The van der Waals surface area contributed by atoms with Gasteiger partial charge in [-0.2, -0.15) is 0 Å². The zero-order chi connectivity index (χ0) is 10.3.